The van der Waals surface area contributed by atoms with Crippen molar-refractivity contribution in [1.29, 1.82) is 10.5 Å². The number of amidine groups is 1. The normalized spacial score (nSPS) is 26.8. The van der Waals surface area contributed by atoms with Crippen LogP contribution < -0.4 is 5.73 Å². The van der Waals surface area contributed by atoms with Gasteiger partial charge < -0.3 is 5.73 Å². The molecule has 1 aromatic rings. The maximum Gasteiger partial charge on any atom is 0.155 e. The SMILES string of the molecule is C=C/C(C#N)=C\N=C(C)C#Cc1ccc(F)c([C@@]2(CF)N=C(N)S[C@@]3(/C=C/C#N)C[C@H]32)c1. The fourth-order valence-electron chi connectivity index (χ4n) is 3.70. The molecule has 1 saturated carbocycles. The first-order valence-electron chi connectivity index (χ1n) is 9.61. The Morgan fingerprint density at radius 3 is 2.91 bits per heavy atom. The van der Waals surface area contributed by atoms with Gasteiger partial charge in [-0.25, -0.2) is 13.8 Å². The summed E-state index contributed by atoms with van der Waals surface area (Å²) in [5.74, 6) is 4.78. The monoisotopic (exact) mass is 447 g/mol. The Kier molecular flexibility index (Phi) is 6.63. The van der Waals surface area contributed by atoms with Gasteiger partial charge in [0.2, 0.25) is 0 Å². The van der Waals surface area contributed by atoms with Gasteiger partial charge in [0.05, 0.1) is 17.4 Å². The first-order chi connectivity index (χ1) is 15.3. The van der Waals surface area contributed by atoms with Crippen molar-refractivity contribution in [1.82, 2.24) is 0 Å². The highest BCUT2D eigenvalue weighted by Crippen LogP contribution is 2.66. The summed E-state index contributed by atoms with van der Waals surface area (Å²) in [6.07, 6.45) is 6.30. The van der Waals surface area contributed by atoms with Gasteiger partial charge in [-0.15, -0.1) is 0 Å². The molecular weight excluding hydrogens is 428 g/mol. The lowest BCUT2D eigenvalue weighted by Gasteiger charge is -2.34. The third kappa shape index (κ3) is 4.35. The third-order valence-corrected chi connectivity index (χ3v) is 6.61. The lowest BCUT2D eigenvalue weighted by Crippen LogP contribution is -2.39. The molecule has 3 rings (SSSR count). The highest BCUT2D eigenvalue weighted by Gasteiger charge is 2.67. The lowest BCUT2D eigenvalue weighted by atomic mass is 9.84. The van der Waals surface area contributed by atoms with Gasteiger partial charge in [0, 0.05) is 34.1 Å². The smallest absolute Gasteiger partial charge is 0.155 e. The zero-order chi connectivity index (χ0) is 23.4. The minimum Gasteiger partial charge on any atom is -0.378 e. The van der Waals surface area contributed by atoms with E-state index in [0.717, 1.165) is 0 Å². The molecule has 0 radical (unpaired) electrons. The van der Waals surface area contributed by atoms with Crippen molar-refractivity contribution in [3.05, 3.63) is 71.7 Å². The zero-order valence-electron chi connectivity index (χ0n) is 17.3. The van der Waals surface area contributed by atoms with Crippen LogP contribution in [0.15, 0.2) is 64.8 Å². The number of rotatable bonds is 5. The van der Waals surface area contributed by atoms with Crippen molar-refractivity contribution < 1.29 is 8.78 Å². The average molecular weight is 448 g/mol. The molecular formula is C24H19F2N5S. The van der Waals surface area contributed by atoms with Crippen LogP contribution in [-0.4, -0.2) is 22.3 Å². The Labute approximate surface area is 189 Å². The first kappa shape index (κ1) is 23.0. The standard InChI is InChI=1S/C24H19F2N5S/c1-3-17(13-28)14-30-16(2)5-6-18-7-8-20(26)19(11-18)24(15-25)21-12-23(21,9-4-10-27)32-22(29)31-24/h3-4,7-9,11,14,21H,1,12,15H2,2H3,(H2,29,31)/b9-4+,17-14+,30-16?/t21-,23+,24-/m1/s1. The van der Waals surface area contributed by atoms with Crippen molar-refractivity contribution in [3.63, 3.8) is 0 Å². The maximum absolute atomic E-state index is 14.9. The summed E-state index contributed by atoms with van der Waals surface area (Å²) in [7, 11) is 0. The fraction of sp³-hybridized carbons (Fsp3) is 0.250. The van der Waals surface area contributed by atoms with Crippen LogP contribution in [0.4, 0.5) is 8.78 Å². The molecule has 1 aliphatic heterocycles. The van der Waals surface area contributed by atoms with Crippen LogP contribution in [0.3, 0.4) is 0 Å². The minimum absolute atomic E-state index is 0.0835. The van der Waals surface area contributed by atoms with Gasteiger partial charge in [0.25, 0.3) is 0 Å². The van der Waals surface area contributed by atoms with E-state index in [2.05, 4.69) is 28.4 Å². The maximum atomic E-state index is 14.9. The lowest BCUT2D eigenvalue weighted by molar-refractivity contribution is 0.267. The van der Waals surface area contributed by atoms with Crippen LogP contribution in [0.5, 0.6) is 0 Å². The fourth-order valence-corrected chi connectivity index (χ4v) is 5.02. The van der Waals surface area contributed by atoms with E-state index >= 15 is 0 Å². The summed E-state index contributed by atoms with van der Waals surface area (Å²) in [6, 6.07) is 8.08. The third-order valence-electron chi connectivity index (χ3n) is 5.34. The Morgan fingerprint density at radius 1 is 1.47 bits per heavy atom. The van der Waals surface area contributed by atoms with Gasteiger partial charge in [-0.2, -0.15) is 10.5 Å². The number of hydrogen-bond acceptors (Lipinski definition) is 6. The highest BCUT2D eigenvalue weighted by atomic mass is 32.2. The van der Waals surface area contributed by atoms with E-state index in [0.29, 0.717) is 23.3 Å². The molecule has 2 N–H and O–H groups in total. The molecule has 0 bridgehead atoms. The average Bonchev–Trinajstić information content (AvgIpc) is 3.52. The number of nitriles is 2. The molecule has 0 amide bonds. The molecule has 1 aliphatic carbocycles. The van der Waals surface area contributed by atoms with Crippen LogP contribution in [0.2, 0.25) is 0 Å². The van der Waals surface area contributed by atoms with Crippen LogP contribution in [0.25, 0.3) is 0 Å². The molecule has 0 saturated heterocycles. The van der Waals surface area contributed by atoms with E-state index in [4.69, 9.17) is 16.3 Å². The molecule has 2 aliphatic rings. The second-order valence-electron chi connectivity index (χ2n) is 7.34. The Morgan fingerprint density at radius 2 is 2.25 bits per heavy atom. The van der Waals surface area contributed by atoms with Crippen molar-refractivity contribution >= 4 is 22.6 Å². The molecule has 0 spiro atoms. The number of nitrogens with zero attached hydrogens (tertiary/aromatic N) is 4. The predicted octanol–water partition coefficient (Wildman–Crippen LogP) is 4.30. The quantitative estimate of drug-likeness (QED) is 0.315. The molecule has 8 heteroatoms. The number of nitrogens with two attached hydrogens (primary N) is 1. The van der Waals surface area contributed by atoms with Crippen LogP contribution in [-0.2, 0) is 5.54 Å². The van der Waals surface area contributed by atoms with Gasteiger partial charge in [-0.05, 0) is 37.5 Å². The molecule has 160 valence electrons. The van der Waals surface area contributed by atoms with E-state index in [1.165, 1.54) is 48.3 Å². The second-order valence-corrected chi connectivity index (χ2v) is 8.73. The molecule has 3 atom stereocenters. The molecule has 1 fully saturated rings. The Hall–Kier alpha value is -3.67. The van der Waals surface area contributed by atoms with Gasteiger partial charge in [0.15, 0.2) is 5.17 Å². The molecule has 0 aromatic heterocycles. The van der Waals surface area contributed by atoms with Crippen LogP contribution in [0, 0.1) is 46.2 Å². The molecule has 1 heterocycles. The molecule has 5 nitrogen and oxygen atoms in total. The minimum atomic E-state index is -1.48. The number of thioether (sulfide) groups is 1. The molecule has 1 aromatic carbocycles. The number of fused-ring (bicyclic) bond motifs is 1. The highest BCUT2D eigenvalue weighted by molar-refractivity contribution is 8.15. The van der Waals surface area contributed by atoms with E-state index < -0.39 is 22.8 Å². The number of benzene rings is 1. The summed E-state index contributed by atoms with van der Waals surface area (Å²) in [5, 5.41) is 17.9. The van der Waals surface area contributed by atoms with Crippen molar-refractivity contribution in [2.45, 2.75) is 23.6 Å². The van der Waals surface area contributed by atoms with E-state index in [9.17, 15) is 8.78 Å². The number of aliphatic imine (C=N–C) groups is 2. The van der Waals surface area contributed by atoms with Gasteiger partial charge in [-0.3, -0.25) is 4.99 Å². The Balaban J connectivity index is 2.00. The van der Waals surface area contributed by atoms with E-state index in [1.807, 2.05) is 12.1 Å². The van der Waals surface area contributed by atoms with Crippen LogP contribution >= 0.6 is 11.8 Å². The number of alkyl halides is 1. The molecule has 0 unspecified atom stereocenters. The van der Waals surface area contributed by atoms with Gasteiger partial charge in [0.1, 0.15) is 24.1 Å². The van der Waals surface area contributed by atoms with E-state index in [1.54, 1.807) is 13.0 Å². The summed E-state index contributed by atoms with van der Waals surface area (Å²) in [4.78, 5) is 8.43. The van der Waals surface area contributed by atoms with Gasteiger partial charge in [-0.1, -0.05) is 36.4 Å². The summed E-state index contributed by atoms with van der Waals surface area (Å²) < 4.78 is 28.8. The number of hydrogen-bond donors (Lipinski definition) is 1. The van der Waals surface area contributed by atoms with Crippen LogP contribution in [0.1, 0.15) is 24.5 Å². The predicted molar refractivity (Wildman–Crippen MR) is 123 cm³/mol. The van der Waals surface area contributed by atoms with Crippen molar-refractivity contribution in [2.75, 3.05) is 6.67 Å². The second kappa shape index (κ2) is 9.22. The summed E-state index contributed by atoms with van der Waals surface area (Å²) >= 11 is 1.27. The van der Waals surface area contributed by atoms with Crippen molar-refractivity contribution in [2.24, 2.45) is 21.6 Å². The van der Waals surface area contributed by atoms with Gasteiger partial charge >= 0.3 is 0 Å². The first-order valence-corrected chi connectivity index (χ1v) is 10.4. The Bertz CT molecular complexity index is 1220. The molecule has 32 heavy (non-hydrogen) atoms. The zero-order valence-corrected chi connectivity index (χ0v) is 18.1. The summed E-state index contributed by atoms with van der Waals surface area (Å²) in [5.41, 5.74) is 5.79. The van der Waals surface area contributed by atoms with E-state index in [-0.39, 0.29) is 16.6 Å². The topological polar surface area (TPSA) is 98.3 Å². The summed E-state index contributed by atoms with van der Waals surface area (Å²) in [6.45, 7) is 4.25. The van der Waals surface area contributed by atoms with Crippen molar-refractivity contribution in [3.8, 4) is 24.0 Å². The largest absolute Gasteiger partial charge is 0.378 e. The number of allylic oxidation sites excluding steroid dienone is 3. The number of halogens is 2.